The third kappa shape index (κ3) is 9.29. The van der Waals surface area contributed by atoms with E-state index in [9.17, 15) is 5.11 Å². The summed E-state index contributed by atoms with van der Waals surface area (Å²) in [4.78, 5) is 0. The first-order valence-electron chi connectivity index (χ1n) is 13.4. The molecule has 180 valence electrons. The van der Waals surface area contributed by atoms with Crippen molar-refractivity contribution < 1.29 is 5.11 Å². The topological polar surface area (TPSA) is 20.2 Å². The minimum atomic E-state index is -0.503. The summed E-state index contributed by atoms with van der Waals surface area (Å²) < 4.78 is 0. The SMILES string of the molecule is C=CC(C)CCC/C(C)=C/C=C1\CCCC2(C)C(CCCCC(C)(C)O)CCC12.CC. The van der Waals surface area contributed by atoms with Crippen molar-refractivity contribution in [3.63, 3.8) is 0 Å². The first-order valence-corrected chi connectivity index (χ1v) is 13.4. The van der Waals surface area contributed by atoms with Gasteiger partial charge in [0.1, 0.15) is 0 Å². The van der Waals surface area contributed by atoms with Gasteiger partial charge in [-0.25, -0.2) is 0 Å². The molecule has 0 aromatic heterocycles. The lowest BCUT2D eigenvalue weighted by molar-refractivity contribution is 0.0660. The lowest BCUT2D eigenvalue weighted by Crippen LogP contribution is -2.33. The van der Waals surface area contributed by atoms with Crippen LogP contribution in [0.4, 0.5) is 0 Å². The molecule has 0 aliphatic heterocycles. The molecule has 0 aromatic rings. The van der Waals surface area contributed by atoms with Crippen molar-refractivity contribution in [1.29, 1.82) is 0 Å². The van der Waals surface area contributed by atoms with Crippen LogP contribution >= 0.6 is 0 Å². The number of allylic oxidation sites excluding steroid dienone is 5. The number of aliphatic hydroxyl groups is 1. The lowest BCUT2D eigenvalue weighted by Gasteiger charge is -2.42. The maximum absolute atomic E-state index is 9.96. The van der Waals surface area contributed by atoms with Gasteiger partial charge in [-0.05, 0) is 108 Å². The maximum Gasteiger partial charge on any atom is 0.0591 e. The third-order valence-electron chi connectivity index (χ3n) is 7.97. The number of fused-ring (bicyclic) bond motifs is 1. The Bertz CT molecular complexity index is 576. The van der Waals surface area contributed by atoms with Crippen LogP contribution < -0.4 is 0 Å². The van der Waals surface area contributed by atoms with Crippen LogP contribution in [0.5, 0.6) is 0 Å². The van der Waals surface area contributed by atoms with Gasteiger partial charge in [0.15, 0.2) is 0 Å². The quantitative estimate of drug-likeness (QED) is 0.255. The van der Waals surface area contributed by atoms with Crippen molar-refractivity contribution in [2.45, 2.75) is 131 Å². The molecule has 0 bridgehead atoms. The van der Waals surface area contributed by atoms with Crippen LogP contribution in [0.1, 0.15) is 126 Å². The van der Waals surface area contributed by atoms with Gasteiger partial charge < -0.3 is 5.11 Å². The van der Waals surface area contributed by atoms with E-state index in [1.54, 1.807) is 5.57 Å². The first kappa shape index (κ1) is 28.2. The number of unbranched alkanes of at least 4 members (excludes halogenated alkanes) is 1. The van der Waals surface area contributed by atoms with Crippen LogP contribution in [0.25, 0.3) is 0 Å². The molecule has 0 spiro atoms. The zero-order valence-electron chi connectivity index (χ0n) is 22.1. The fraction of sp³-hybridized carbons (Fsp3) is 0.800. The fourth-order valence-electron chi connectivity index (χ4n) is 5.92. The predicted molar refractivity (Wildman–Crippen MR) is 139 cm³/mol. The zero-order valence-corrected chi connectivity index (χ0v) is 22.1. The molecule has 0 saturated heterocycles. The van der Waals surface area contributed by atoms with Crippen LogP contribution in [0.3, 0.4) is 0 Å². The summed E-state index contributed by atoms with van der Waals surface area (Å²) in [6.07, 6.45) is 22.3. The Kier molecular flexibility index (Phi) is 12.4. The van der Waals surface area contributed by atoms with E-state index in [1.165, 1.54) is 69.8 Å². The molecule has 1 nitrogen and oxygen atoms in total. The van der Waals surface area contributed by atoms with Crippen molar-refractivity contribution in [3.8, 4) is 0 Å². The standard InChI is InChI=1S/C28H48O.C2H6/c1-7-22(2)12-10-13-23(3)16-17-24-14-11-21-28(6)25(18-19-26(24)28)15-8-9-20-27(4,5)29;1-2/h7,16-17,22,25-26,29H,1,8-15,18-21H2,2-6H3;1-2H3/b23-16+,24-17+;. The normalized spacial score (nSPS) is 28.6. The molecule has 1 N–H and O–H groups in total. The van der Waals surface area contributed by atoms with E-state index >= 15 is 0 Å². The molecule has 0 amide bonds. The van der Waals surface area contributed by atoms with Crippen molar-refractivity contribution in [2.24, 2.45) is 23.2 Å². The molecule has 2 saturated carbocycles. The minimum absolute atomic E-state index is 0.503. The van der Waals surface area contributed by atoms with Gasteiger partial charge in [-0.3, -0.25) is 0 Å². The first-order chi connectivity index (χ1) is 14.7. The van der Waals surface area contributed by atoms with E-state index in [4.69, 9.17) is 0 Å². The maximum atomic E-state index is 9.96. The summed E-state index contributed by atoms with van der Waals surface area (Å²) in [5.74, 6) is 2.32. The molecule has 2 aliphatic rings. The summed E-state index contributed by atoms with van der Waals surface area (Å²) in [7, 11) is 0. The zero-order chi connectivity index (χ0) is 23.5. The van der Waals surface area contributed by atoms with E-state index in [2.05, 4.69) is 45.6 Å². The highest BCUT2D eigenvalue weighted by Crippen LogP contribution is 2.58. The second kappa shape index (κ2) is 13.7. The summed E-state index contributed by atoms with van der Waals surface area (Å²) in [5.41, 5.74) is 3.27. The van der Waals surface area contributed by atoms with Crippen LogP contribution in [0.15, 0.2) is 36.0 Å². The predicted octanol–water partition coefficient (Wildman–Crippen LogP) is 9.43. The largest absolute Gasteiger partial charge is 0.390 e. The average molecular weight is 431 g/mol. The molecule has 0 radical (unpaired) electrons. The smallest absolute Gasteiger partial charge is 0.0591 e. The van der Waals surface area contributed by atoms with E-state index in [0.29, 0.717) is 11.3 Å². The molecule has 31 heavy (non-hydrogen) atoms. The van der Waals surface area contributed by atoms with Gasteiger partial charge in [0.25, 0.3) is 0 Å². The van der Waals surface area contributed by atoms with Gasteiger partial charge in [0.05, 0.1) is 5.60 Å². The van der Waals surface area contributed by atoms with E-state index in [1.807, 2.05) is 27.7 Å². The highest BCUT2D eigenvalue weighted by molar-refractivity contribution is 5.24. The van der Waals surface area contributed by atoms with Gasteiger partial charge in [-0.2, -0.15) is 0 Å². The van der Waals surface area contributed by atoms with Crippen molar-refractivity contribution >= 4 is 0 Å². The molecule has 1 heteroatoms. The minimum Gasteiger partial charge on any atom is -0.390 e. The molecule has 2 fully saturated rings. The number of rotatable bonds is 11. The van der Waals surface area contributed by atoms with Crippen molar-refractivity contribution in [1.82, 2.24) is 0 Å². The Labute approximate surface area is 195 Å². The van der Waals surface area contributed by atoms with E-state index in [-0.39, 0.29) is 0 Å². The molecule has 0 heterocycles. The van der Waals surface area contributed by atoms with Crippen LogP contribution in [-0.2, 0) is 0 Å². The Morgan fingerprint density at radius 3 is 2.58 bits per heavy atom. The second-order valence-corrected chi connectivity index (χ2v) is 11.1. The van der Waals surface area contributed by atoms with Crippen molar-refractivity contribution in [2.75, 3.05) is 0 Å². The lowest BCUT2D eigenvalue weighted by atomic mass is 9.62. The van der Waals surface area contributed by atoms with Gasteiger partial charge >= 0.3 is 0 Å². The molecular formula is C30H54O. The monoisotopic (exact) mass is 430 g/mol. The average Bonchev–Trinajstić information content (AvgIpc) is 3.07. The van der Waals surface area contributed by atoms with Crippen molar-refractivity contribution in [3.05, 3.63) is 36.0 Å². The molecule has 2 aliphatic carbocycles. The van der Waals surface area contributed by atoms with Crippen LogP contribution in [0.2, 0.25) is 0 Å². The Balaban J connectivity index is 0.00000233. The van der Waals surface area contributed by atoms with Gasteiger partial charge in [0, 0.05) is 0 Å². The van der Waals surface area contributed by atoms with E-state index < -0.39 is 5.60 Å². The molecule has 2 rings (SSSR count). The summed E-state index contributed by atoms with van der Waals surface area (Å²) in [5, 5.41) is 9.96. The highest BCUT2D eigenvalue weighted by atomic mass is 16.3. The number of hydrogen-bond acceptors (Lipinski definition) is 1. The Morgan fingerprint density at radius 2 is 1.94 bits per heavy atom. The van der Waals surface area contributed by atoms with Gasteiger partial charge in [-0.1, -0.05) is 69.9 Å². The van der Waals surface area contributed by atoms with Gasteiger partial charge in [0.2, 0.25) is 0 Å². The third-order valence-corrected chi connectivity index (χ3v) is 7.97. The molecular weight excluding hydrogens is 376 g/mol. The number of hydrogen-bond donors (Lipinski definition) is 1. The summed E-state index contributed by atoms with van der Waals surface area (Å²) in [6, 6.07) is 0. The fourth-order valence-corrected chi connectivity index (χ4v) is 5.92. The van der Waals surface area contributed by atoms with Crippen LogP contribution in [-0.4, -0.2) is 10.7 Å². The Hall–Kier alpha value is -0.820. The second-order valence-electron chi connectivity index (χ2n) is 11.1. The summed E-state index contributed by atoms with van der Waals surface area (Å²) >= 11 is 0. The van der Waals surface area contributed by atoms with Gasteiger partial charge in [-0.15, -0.1) is 6.58 Å². The Morgan fingerprint density at radius 1 is 1.23 bits per heavy atom. The molecule has 4 atom stereocenters. The highest BCUT2D eigenvalue weighted by Gasteiger charge is 2.48. The molecule has 4 unspecified atom stereocenters. The summed E-state index contributed by atoms with van der Waals surface area (Å²) in [6.45, 7) is 18.9. The van der Waals surface area contributed by atoms with Crippen LogP contribution in [0, 0.1) is 23.2 Å². The van der Waals surface area contributed by atoms with E-state index in [0.717, 1.165) is 24.7 Å². The molecule has 0 aromatic carbocycles.